The van der Waals surface area contributed by atoms with E-state index in [-0.39, 0.29) is 5.91 Å². The number of rotatable bonds is 5. The van der Waals surface area contributed by atoms with Crippen LogP contribution < -0.4 is 10.2 Å². The molecule has 0 radical (unpaired) electrons. The van der Waals surface area contributed by atoms with E-state index >= 15 is 0 Å². The minimum absolute atomic E-state index is 0.0195. The van der Waals surface area contributed by atoms with E-state index < -0.39 is 0 Å². The van der Waals surface area contributed by atoms with E-state index in [9.17, 15) is 4.79 Å². The van der Waals surface area contributed by atoms with E-state index in [1.165, 1.54) is 34.0 Å². The van der Waals surface area contributed by atoms with Gasteiger partial charge in [-0.1, -0.05) is 11.8 Å². The number of fused-ring (bicyclic) bond motifs is 3. The molecule has 1 aliphatic carbocycles. The van der Waals surface area contributed by atoms with Gasteiger partial charge in [-0.2, -0.15) is 0 Å². The molecule has 4 rings (SSSR count). The maximum absolute atomic E-state index is 12.4. The molecule has 0 fully saturated rings. The first-order valence-corrected chi connectivity index (χ1v) is 10.8. The van der Waals surface area contributed by atoms with Gasteiger partial charge in [-0.15, -0.1) is 11.3 Å². The van der Waals surface area contributed by atoms with Gasteiger partial charge >= 0.3 is 0 Å². The predicted octanol–water partition coefficient (Wildman–Crippen LogP) is 4.29. The van der Waals surface area contributed by atoms with E-state index in [2.05, 4.69) is 15.3 Å². The molecule has 0 saturated carbocycles. The van der Waals surface area contributed by atoms with Crippen LogP contribution in [0.25, 0.3) is 10.2 Å². The highest BCUT2D eigenvalue weighted by molar-refractivity contribution is 8.00. The molecule has 1 N–H and O–H groups in total. The number of aryl methyl sites for hydroxylation is 3. The zero-order valence-electron chi connectivity index (χ0n) is 15.7. The van der Waals surface area contributed by atoms with Crippen LogP contribution in [0.2, 0.25) is 0 Å². The molecule has 3 aromatic rings. The van der Waals surface area contributed by atoms with E-state index in [1.807, 2.05) is 50.2 Å². The van der Waals surface area contributed by atoms with Gasteiger partial charge in [0.1, 0.15) is 15.7 Å². The lowest BCUT2D eigenvalue weighted by molar-refractivity contribution is -0.113. The minimum Gasteiger partial charge on any atom is -0.378 e. The number of amides is 1. The number of nitrogens with zero attached hydrogens (tertiary/aromatic N) is 3. The Morgan fingerprint density at radius 2 is 2.00 bits per heavy atom. The van der Waals surface area contributed by atoms with Crippen LogP contribution in [0.3, 0.4) is 0 Å². The van der Waals surface area contributed by atoms with Crippen molar-refractivity contribution >= 4 is 50.6 Å². The summed E-state index contributed by atoms with van der Waals surface area (Å²) in [7, 11) is 3.99. The summed E-state index contributed by atoms with van der Waals surface area (Å²) in [5.74, 6) is 1.09. The van der Waals surface area contributed by atoms with Crippen molar-refractivity contribution in [1.82, 2.24) is 9.97 Å². The van der Waals surface area contributed by atoms with Crippen LogP contribution in [0, 0.1) is 6.92 Å². The van der Waals surface area contributed by atoms with Crippen molar-refractivity contribution in [2.75, 3.05) is 30.1 Å². The number of hydrogen-bond acceptors (Lipinski definition) is 6. The summed E-state index contributed by atoms with van der Waals surface area (Å²) in [6.07, 6.45) is 3.45. The number of carbonyl (C=O) groups excluding carboxylic acids is 1. The third-order valence-electron chi connectivity index (χ3n) is 4.65. The van der Waals surface area contributed by atoms with Gasteiger partial charge in [-0.05, 0) is 56.0 Å². The molecule has 140 valence electrons. The SMILES string of the molecule is Cc1nc(SCC(=O)Nc2ccc(N(C)C)cc2)c2c3c(sc2n1)CCC3. The van der Waals surface area contributed by atoms with E-state index in [0.29, 0.717) is 5.75 Å². The van der Waals surface area contributed by atoms with Gasteiger partial charge < -0.3 is 10.2 Å². The molecule has 0 atom stereocenters. The monoisotopic (exact) mass is 398 g/mol. The van der Waals surface area contributed by atoms with E-state index in [0.717, 1.165) is 39.9 Å². The van der Waals surface area contributed by atoms with E-state index in [1.54, 1.807) is 11.3 Å². The van der Waals surface area contributed by atoms with Crippen LogP contribution in [0.15, 0.2) is 29.3 Å². The number of anilines is 2. The molecule has 1 aromatic carbocycles. The van der Waals surface area contributed by atoms with Crippen LogP contribution in [0.1, 0.15) is 22.7 Å². The fourth-order valence-electron chi connectivity index (χ4n) is 3.34. The minimum atomic E-state index is -0.0195. The van der Waals surface area contributed by atoms with Crippen LogP contribution in [0.5, 0.6) is 0 Å². The van der Waals surface area contributed by atoms with Gasteiger partial charge in [0.2, 0.25) is 5.91 Å². The first kappa shape index (κ1) is 18.3. The first-order valence-electron chi connectivity index (χ1n) is 9.00. The summed E-state index contributed by atoms with van der Waals surface area (Å²) in [5.41, 5.74) is 3.32. The number of nitrogens with one attached hydrogen (secondary N) is 1. The third-order valence-corrected chi connectivity index (χ3v) is 6.81. The number of aromatic nitrogens is 2. The highest BCUT2D eigenvalue weighted by atomic mass is 32.2. The number of hydrogen-bond donors (Lipinski definition) is 1. The first-order chi connectivity index (χ1) is 13.0. The predicted molar refractivity (Wildman–Crippen MR) is 114 cm³/mol. The molecule has 2 aromatic heterocycles. The standard InChI is InChI=1S/C20H22N4OS2/c1-12-21-19(18-15-5-4-6-16(15)27-20(18)22-12)26-11-17(25)23-13-7-9-14(10-8-13)24(2)3/h7-10H,4-6,11H2,1-3H3,(H,23,25). The molecule has 0 aliphatic heterocycles. The van der Waals surface area contributed by atoms with Gasteiger partial charge in [-0.3, -0.25) is 4.79 Å². The topological polar surface area (TPSA) is 58.1 Å². The van der Waals surface area contributed by atoms with Crippen LogP contribution in [-0.4, -0.2) is 35.7 Å². The molecule has 0 bridgehead atoms. The van der Waals surface area contributed by atoms with Crippen LogP contribution >= 0.6 is 23.1 Å². The fraction of sp³-hybridized carbons (Fsp3) is 0.350. The molecule has 2 heterocycles. The zero-order valence-corrected chi connectivity index (χ0v) is 17.3. The molecule has 0 spiro atoms. The molecular formula is C20H22N4OS2. The highest BCUT2D eigenvalue weighted by Gasteiger charge is 2.22. The Hall–Kier alpha value is -2.12. The number of thioether (sulfide) groups is 1. The van der Waals surface area contributed by atoms with Crippen molar-refractivity contribution in [3.63, 3.8) is 0 Å². The van der Waals surface area contributed by atoms with Crippen LogP contribution in [0.4, 0.5) is 11.4 Å². The van der Waals surface area contributed by atoms with Crippen molar-refractivity contribution in [2.45, 2.75) is 31.2 Å². The molecule has 7 heteroatoms. The lowest BCUT2D eigenvalue weighted by Gasteiger charge is -2.13. The average molecular weight is 399 g/mol. The molecule has 27 heavy (non-hydrogen) atoms. The number of thiophene rings is 1. The fourth-order valence-corrected chi connectivity index (χ4v) is 5.61. The van der Waals surface area contributed by atoms with E-state index in [4.69, 9.17) is 0 Å². The number of carbonyl (C=O) groups is 1. The zero-order chi connectivity index (χ0) is 19.0. The molecule has 1 aliphatic rings. The second kappa shape index (κ2) is 7.48. The summed E-state index contributed by atoms with van der Waals surface area (Å²) in [6.45, 7) is 1.92. The second-order valence-corrected chi connectivity index (χ2v) is 8.94. The number of benzene rings is 1. The Kier molecular flexibility index (Phi) is 5.06. The summed E-state index contributed by atoms with van der Waals surface area (Å²) in [4.78, 5) is 26.2. The van der Waals surface area contributed by atoms with Gasteiger partial charge in [0.05, 0.1) is 5.75 Å². The summed E-state index contributed by atoms with van der Waals surface area (Å²) >= 11 is 3.29. The Morgan fingerprint density at radius 3 is 2.74 bits per heavy atom. The van der Waals surface area contributed by atoms with Crippen molar-refractivity contribution in [3.05, 3.63) is 40.5 Å². The lowest BCUT2D eigenvalue weighted by atomic mass is 10.2. The Morgan fingerprint density at radius 1 is 1.22 bits per heavy atom. The largest absolute Gasteiger partial charge is 0.378 e. The third kappa shape index (κ3) is 3.80. The summed E-state index contributed by atoms with van der Waals surface area (Å²) in [6, 6.07) is 7.84. The Balaban J connectivity index is 1.47. The normalized spacial score (nSPS) is 13.0. The summed E-state index contributed by atoms with van der Waals surface area (Å²) in [5, 5.41) is 5.08. The van der Waals surface area contributed by atoms with Crippen LogP contribution in [-0.2, 0) is 17.6 Å². The van der Waals surface area contributed by atoms with Crippen molar-refractivity contribution < 1.29 is 4.79 Å². The highest BCUT2D eigenvalue weighted by Crippen LogP contribution is 2.40. The molecule has 0 unspecified atom stereocenters. The lowest BCUT2D eigenvalue weighted by Crippen LogP contribution is -2.14. The molecule has 5 nitrogen and oxygen atoms in total. The Labute approximate surface area is 167 Å². The van der Waals surface area contributed by atoms with Gasteiger partial charge in [0, 0.05) is 35.7 Å². The molecule has 1 amide bonds. The Bertz CT molecular complexity index is 995. The molecule has 0 saturated heterocycles. The quantitative estimate of drug-likeness (QED) is 0.513. The van der Waals surface area contributed by atoms with Gasteiger partial charge in [-0.25, -0.2) is 9.97 Å². The second-order valence-electron chi connectivity index (χ2n) is 6.89. The maximum atomic E-state index is 12.4. The summed E-state index contributed by atoms with van der Waals surface area (Å²) < 4.78 is 0. The average Bonchev–Trinajstić information content (AvgIpc) is 3.20. The van der Waals surface area contributed by atoms with Crippen molar-refractivity contribution in [3.8, 4) is 0 Å². The van der Waals surface area contributed by atoms with Crippen molar-refractivity contribution in [1.29, 1.82) is 0 Å². The molecular weight excluding hydrogens is 376 g/mol. The van der Waals surface area contributed by atoms with Gasteiger partial charge in [0.25, 0.3) is 0 Å². The maximum Gasteiger partial charge on any atom is 0.234 e. The smallest absolute Gasteiger partial charge is 0.234 e. The van der Waals surface area contributed by atoms with Crippen molar-refractivity contribution in [2.24, 2.45) is 0 Å². The van der Waals surface area contributed by atoms with Gasteiger partial charge in [0.15, 0.2) is 0 Å².